The van der Waals surface area contributed by atoms with E-state index in [2.05, 4.69) is 15.1 Å². The van der Waals surface area contributed by atoms with E-state index in [9.17, 15) is 18.3 Å². The number of hydrogen-bond donors (Lipinski definition) is 3. The fraction of sp³-hybridized carbons (Fsp3) is 0.375. The molecule has 1 aliphatic heterocycles. The predicted molar refractivity (Wildman–Crippen MR) is 95.6 cm³/mol. The van der Waals surface area contributed by atoms with E-state index >= 15 is 0 Å². The van der Waals surface area contributed by atoms with Crippen LogP contribution in [0.4, 0.5) is 5.69 Å². The summed E-state index contributed by atoms with van der Waals surface area (Å²) < 4.78 is 30.2. The molecule has 9 nitrogen and oxygen atoms in total. The lowest BCUT2D eigenvalue weighted by atomic mass is 10.00. The molecule has 2 heterocycles. The van der Waals surface area contributed by atoms with Gasteiger partial charge < -0.3 is 10.4 Å². The van der Waals surface area contributed by atoms with Gasteiger partial charge in [0.15, 0.2) is 0 Å². The molecule has 140 valence electrons. The zero-order valence-electron chi connectivity index (χ0n) is 14.7. The number of nitrogens with one attached hydrogen (secondary N) is 2. The number of benzene rings is 1. The summed E-state index contributed by atoms with van der Waals surface area (Å²) in [7, 11) is -0.706. The number of amides is 1. The molecule has 3 N–H and O–H groups in total. The number of anilines is 1. The average Bonchev–Trinajstić information content (AvgIpc) is 2.88. The number of rotatable bonds is 3. The molecule has 10 heteroatoms. The van der Waals surface area contributed by atoms with Crippen LogP contribution in [-0.4, -0.2) is 46.6 Å². The summed E-state index contributed by atoms with van der Waals surface area (Å²) in [6, 6.07) is 4.65. The van der Waals surface area contributed by atoms with Crippen LogP contribution in [0.2, 0.25) is 0 Å². The Kier molecular flexibility index (Phi) is 4.74. The van der Waals surface area contributed by atoms with Crippen LogP contribution in [0.3, 0.4) is 0 Å². The van der Waals surface area contributed by atoms with Crippen LogP contribution in [0.1, 0.15) is 23.7 Å². The van der Waals surface area contributed by atoms with Crippen molar-refractivity contribution in [2.75, 3.05) is 12.4 Å². The van der Waals surface area contributed by atoms with Gasteiger partial charge in [0.1, 0.15) is 11.8 Å². The lowest BCUT2D eigenvalue weighted by molar-refractivity contribution is -0.120. The predicted octanol–water partition coefficient (Wildman–Crippen LogP) is 0.652. The Labute approximate surface area is 151 Å². The highest BCUT2D eigenvalue weighted by molar-refractivity contribution is 7.87. The van der Waals surface area contributed by atoms with Gasteiger partial charge in [0, 0.05) is 37.6 Å². The summed E-state index contributed by atoms with van der Waals surface area (Å²) in [5, 5.41) is 16.4. The Morgan fingerprint density at radius 3 is 2.73 bits per heavy atom. The summed E-state index contributed by atoms with van der Waals surface area (Å²) >= 11 is 0. The fourth-order valence-electron chi connectivity index (χ4n) is 3.08. The van der Waals surface area contributed by atoms with E-state index in [-0.39, 0.29) is 12.2 Å². The normalized spacial score (nSPS) is 22.9. The summed E-state index contributed by atoms with van der Waals surface area (Å²) in [5.74, 6) is -0.451. The van der Waals surface area contributed by atoms with Crippen molar-refractivity contribution in [1.29, 1.82) is 0 Å². The van der Waals surface area contributed by atoms with Gasteiger partial charge in [0.25, 0.3) is 10.2 Å². The van der Waals surface area contributed by atoms with E-state index in [1.807, 2.05) is 0 Å². The first kappa shape index (κ1) is 18.4. The highest BCUT2D eigenvalue weighted by atomic mass is 32.2. The molecule has 2 aromatic rings. The minimum Gasteiger partial charge on any atom is -0.508 e. The molecule has 0 bridgehead atoms. The van der Waals surface area contributed by atoms with Crippen LogP contribution in [-0.2, 0) is 22.1 Å². The highest BCUT2D eigenvalue weighted by Crippen LogP contribution is 2.30. The maximum atomic E-state index is 12.7. The second-order valence-electron chi connectivity index (χ2n) is 6.33. The van der Waals surface area contributed by atoms with Crippen LogP contribution >= 0.6 is 0 Å². The maximum absolute atomic E-state index is 12.7. The number of phenolic OH excluding ortho intramolecular Hbond substituents is 1. The maximum Gasteiger partial charge on any atom is 0.280 e. The number of likely N-dealkylation sites (N-methyl/N-ethyl adjacent to an activating group) is 1. The van der Waals surface area contributed by atoms with Gasteiger partial charge in [-0.2, -0.15) is 22.5 Å². The van der Waals surface area contributed by atoms with E-state index in [4.69, 9.17) is 0 Å². The SMILES string of the molecule is Cc1nn(C)cc1[C@@H]1C[C@@H](C(=O)Nc2cccc(O)c2)N(C)S(=O)(=O)N1. The summed E-state index contributed by atoms with van der Waals surface area (Å²) in [5.41, 5.74) is 1.84. The molecule has 0 saturated carbocycles. The van der Waals surface area contributed by atoms with Crippen molar-refractivity contribution in [3.05, 3.63) is 41.7 Å². The average molecular weight is 379 g/mol. The molecular formula is C16H21N5O4S. The third kappa shape index (κ3) is 3.57. The molecule has 3 rings (SSSR count). The number of carbonyl (C=O) groups is 1. The molecule has 1 aliphatic rings. The molecule has 26 heavy (non-hydrogen) atoms. The first-order chi connectivity index (χ1) is 12.2. The van der Waals surface area contributed by atoms with Crippen LogP contribution in [0, 0.1) is 6.92 Å². The minimum atomic E-state index is -3.82. The second kappa shape index (κ2) is 6.71. The molecule has 1 fully saturated rings. The van der Waals surface area contributed by atoms with Gasteiger partial charge >= 0.3 is 0 Å². The molecule has 0 unspecified atom stereocenters. The number of phenols is 1. The second-order valence-corrected chi connectivity index (χ2v) is 8.09. The molecule has 1 aromatic heterocycles. The molecule has 0 radical (unpaired) electrons. The molecule has 0 spiro atoms. The van der Waals surface area contributed by atoms with Crippen molar-refractivity contribution < 1.29 is 18.3 Å². The fourth-order valence-corrected chi connectivity index (χ4v) is 4.35. The number of aromatic hydroxyl groups is 1. The molecule has 1 saturated heterocycles. The Hall–Kier alpha value is -2.43. The van der Waals surface area contributed by atoms with Gasteiger partial charge in [-0.05, 0) is 25.5 Å². The topological polar surface area (TPSA) is 117 Å². The lowest BCUT2D eigenvalue weighted by Gasteiger charge is -2.36. The monoisotopic (exact) mass is 379 g/mol. The first-order valence-corrected chi connectivity index (χ1v) is 9.46. The summed E-state index contributed by atoms with van der Waals surface area (Å²) in [6.45, 7) is 1.80. The van der Waals surface area contributed by atoms with E-state index < -0.39 is 28.2 Å². The van der Waals surface area contributed by atoms with Crippen LogP contribution in [0.5, 0.6) is 5.75 Å². The summed E-state index contributed by atoms with van der Waals surface area (Å²) in [4.78, 5) is 12.7. The van der Waals surface area contributed by atoms with Gasteiger partial charge in [0.05, 0.1) is 11.7 Å². The van der Waals surface area contributed by atoms with Crippen LogP contribution in [0.25, 0.3) is 0 Å². The van der Waals surface area contributed by atoms with Gasteiger partial charge in [-0.15, -0.1) is 0 Å². The van der Waals surface area contributed by atoms with Crippen molar-refractivity contribution in [3.63, 3.8) is 0 Å². The van der Waals surface area contributed by atoms with Crippen molar-refractivity contribution >= 4 is 21.8 Å². The quantitative estimate of drug-likeness (QED) is 0.724. The summed E-state index contributed by atoms with van der Waals surface area (Å²) in [6.07, 6.45) is 2.00. The zero-order chi connectivity index (χ0) is 19.1. The molecule has 0 aliphatic carbocycles. The highest BCUT2D eigenvalue weighted by Gasteiger charge is 2.41. The Morgan fingerprint density at radius 2 is 2.12 bits per heavy atom. The van der Waals surface area contributed by atoms with Crippen molar-refractivity contribution in [1.82, 2.24) is 18.8 Å². The Bertz CT molecular complexity index is 940. The molecule has 2 atom stereocenters. The van der Waals surface area contributed by atoms with Crippen LogP contribution < -0.4 is 10.0 Å². The smallest absolute Gasteiger partial charge is 0.280 e. The minimum absolute atomic E-state index is 0.0120. The zero-order valence-corrected chi connectivity index (χ0v) is 15.5. The van der Waals surface area contributed by atoms with E-state index in [0.717, 1.165) is 9.87 Å². The number of hydrogen-bond acceptors (Lipinski definition) is 5. The number of aromatic nitrogens is 2. The number of carbonyl (C=O) groups excluding carboxylic acids is 1. The van der Waals surface area contributed by atoms with Gasteiger partial charge in [-0.1, -0.05) is 6.07 Å². The largest absolute Gasteiger partial charge is 0.508 e. The standard InChI is InChI=1S/C16H21N5O4S/c1-10-13(9-20(2)18-10)14-8-15(21(3)26(24,25)19-14)16(23)17-11-5-4-6-12(22)7-11/h4-7,9,14-15,19,22H,8H2,1-3H3,(H,17,23)/t14-,15-/m0/s1. The molecule has 1 aromatic carbocycles. The van der Waals surface area contributed by atoms with E-state index in [1.165, 1.54) is 19.2 Å². The van der Waals surface area contributed by atoms with Gasteiger partial charge in [-0.3, -0.25) is 9.48 Å². The number of aryl methyl sites for hydroxylation is 2. The molecule has 1 amide bonds. The van der Waals surface area contributed by atoms with Crippen LogP contribution in [0.15, 0.2) is 30.5 Å². The first-order valence-electron chi connectivity index (χ1n) is 8.02. The number of nitrogens with zero attached hydrogens (tertiary/aromatic N) is 3. The van der Waals surface area contributed by atoms with Crippen molar-refractivity contribution in [2.45, 2.75) is 25.4 Å². The van der Waals surface area contributed by atoms with Crippen molar-refractivity contribution in [2.24, 2.45) is 7.05 Å². The van der Waals surface area contributed by atoms with Crippen molar-refractivity contribution in [3.8, 4) is 5.75 Å². The van der Waals surface area contributed by atoms with E-state index in [0.29, 0.717) is 11.4 Å². The Morgan fingerprint density at radius 1 is 1.38 bits per heavy atom. The van der Waals surface area contributed by atoms with E-state index in [1.54, 1.807) is 37.0 Å². The third-order valence-electron chi connectivity index (χ3n) is 4.41. The Balaban J connectivity index is 1.87. The molecular weight excluding hydrogens is 358 g/mol. The van der Waals surface area contributed by atoms with Gasteiger partial charge in [-0.25, -0.2) is 0 Å². The third-order valence-corrected chi connectivity index (χ3v) is 6.01. The van der Waals surface area contributed by atoms with Gasteiger partial charge in [0.2, 0.25) is 5.91 Å². The lowest BCUT2D eigenvalue weighted by Crippen LogP contribution is -2.56.